The quantitative estimate of drug-likeness (QED) is 0.655. The van der Waals surface area contributed by atoms with Gasteiger partial charge in [-0.2, -0.15) is 0 Å². The van der Waals surface area contributed by atoms with Crippen molar-refractivity contribution in [1.82, 2.24) is 20.6 Å². The van der Waals surface area contributed by atoms with E-state index in [2.05, 4.69) is 33.8 Å². The fourth-order valence-electron chi connectivity index (χ4n) is 4.63. The van der Waals surface area contributed by atoms with Gasteiger partial charge in [0.25, 0.3) is 5.91 Å². The molecule has 1 amide bonds. The molecule has 0 bridgehead atoms. The predicted molar refractivity (Wildman–Crippen MR) is 110 cm³/mol. The summed E-state index contributed by atoms with van der Waals surface area (Å²) < 4.78 is 0. The van der Waals surface area contributed by atoms with Crippen LogP contribution in [0.1, 0.15) is 58.9 Å². The molecule has 0 saturated heterocycles. The number of H-pyrrole nitrogens is 1. The van der Waals surface area contributed by atoms with Gasteiger partial charge in [0.15, 0.2) is 0 Å². The summed E-state index contributed by atoms with van der Waals surface area (Å²) in [5, 5.41) is 6.66. The fourth-order valence-corrected chi connectivity index (χ4v) is 4.63. The zero-order valence-electron chi connectivity index (χ0n) is 16.0. The van der Waals surface area contributed by atoms with Crippen molar-refractivity contribution in [1.29, 1.82) is 0 Å². The van der Waals surface area contributed by atoms with Crippen LogP contribution in [-0.4, -0.2) is 28.5 Å². The average molecular weight is 374 g/mol. The number of para-hydroxylation sites is 2. The van der Waals surface area contributed by atoms with Gasteiger partial charge in [-0.3, -0.25) is 4.79 Å². The normalized spacial score (nSPS) is 22.0. The van der Waals surface area contributed by atoms with Crippen molar-refractivity contribution < 1.29 is 4.79 Å². The molecule has 1 aromatic heterocycles. The molecule has 0 spiro atoms. The molecule has 3 aromatic rings. The number of carbonyl (C=O) groups is 1. The predicted octanol–water partition coefficient (Wildman–Crippen LogP) is 3.66. The molecule has 1 aliphatic carbocycles. The molecule has 5 nitrogen and oxygen atoms in total. The number of rotatable bonds is 3. The Kier molecular flexibility index (Phi) is 4.61. The number of carbonyl (C=O) groups excluding carboxylic acids is 1. The van der Waals surface area contributed by atoms with Gasteiger partial charge in [0.05, 0.1) is 11.0 Å². The zero-order chi connectivity index (χ0) is 18.9. The first-order chi connectivity index (χ1) is 13.8. The van der Waals surface area contributed by atoms with Crippen LogP contribution < -0.4 is 10.6 Å². The fraction of sp³-hybridized carbons (Fsp3) is 0.391. The van der Waals surface area contributed by atoms with Gasteiger partial charge in [0.2, 0.25) is 0 Å². The van der Waals surface area contributed by atoms with Gasteiger partial charge < -0.3 is 15.6 Å². The molecule has 2 heterocycles. The number of hydrogen-bond acceptors (Lipinski definition) is 3. The van der Waals surface area contributed by atoms with Crippen molar-refractivity contribution >= 4 is 16.9 Å². The van der Waals surface area contributed by atoms with Crippen LogP contribution >= 0.6 is 0 Å². The van der Waals surface area contributed by atoms with Gasteiger partial charge in [0, 0.05) is 24.1 Å². The van der Waals surface area contributed by atoms with Crippen LogP contribution in [0.2, 0.25) is 0 Å². The third-order valence-corrected chi connectivity index (χ3v) is 6.16. The highest BCUT2D eigenvalue weighted by atomic mass is 16.1. The summed E-state index contributed by atoms with van der Waals surface area (Å²) in [6.07, 6.45) is 5.25. The Morgan fingerprint density at radius 3 is 2.96 bits per heavy atom. The number of aromatic amines is 1. The van der Waals surface area contributed by atoms with Crippen molar-refractivity contribution in [2.75, 3.05) is 6.54 Å². The van der Waals surface area contributed by atoms with Gasteiger partial charge in [-0.05, 0) is 67.6 Å². The molecule has 0 radical (unpaired) electrons. The minimum Gasteiger partial charge on any atom is -0.349 e. The van der Waals surface area contributed by atoms with E-state index < -0.39 is 0 Å². The number of nitrogens with one attached hydrogen (secondary N) is 3. The smallest absolute Gasteiger partial charge is 0.251 e. The Bertz CT molecular complexity index is 976. The highest BCUT2D eigenvalue weighted by Crippen LogP contribution is 2.32. The summed E-state index contributed by atoms with van der Waals surface area (Å²) >= 11 is 0. The van der Waals surface area contributed by atoms with Gasteiger partial charge in [0.1, 0.15) is 5.82 Å². The minimum atomic E-state index is 0.0450. The van der Waals surface area contributed by atoms with Crippen LogP contribution in [0.5, 0.6) is 0 Å². The maximum Gasteiger partial charge on any atom is 0.251 e. The second-order valence-electron chi connectivity index (χ2n) is 8.08. The molecule has 1 saturated carbocycles. The lowest BCUT2D eigenvalue weighted by Gasteiger charge is -2.29. The van der Waals surface area contributed by atoms with E-state index in [1.807, 2.05) is 24.3 Å². The molecule has 5 rings (SSSR count). The third-order valence-electron chi connectivity index (χ3n) is 6.16. The van der Waals surface area contributed by atoms with E-state index >= 15 is 0 Å². The molecule has 2 aromatic carbocycles. The third kappa shape index (κ3) is 3.42. The molecule has 1 fully saturated rings. The Hall–Kier alpha value is -2.66. The topological polar surface area (TPSA) is 69.8 Å². The second-order valence-corrected chi connectivity index (χ2v) is 8.08. The first-order valence-electron chi connectivity index (χ1n) is 10.3. The molecule has 144 valence electrons. The molecule has 28 heavy (non-hydrogen) atoms. The highest BCUT2D eigenvalue weighted by molar-refractivity contribution is 5.94. The lowest BCUT2D eigenvalue weighted by atomic mass is 9.85. The van der Waals surface area contributed by atoms with Gasteiger partial charge >= 0.3 is 0 Å². The van der Waals surface area contributed by atoms with Crippen molar-refractivity contribution in [2.24, 2.45) is 0 Å². The van der Waals surface area contributed by atoms with E-state index in [1.165, 1.54) is 11.1 Å². The van der Waals surface area contributed by atoms with Crippen molar-refractivity contribution in [3.8, 4) is 0 Å². The van der Waals surface area contributed by atoms with Crippen molar-refractivity contribution in [3.63, 3.8) is 0 Å². The monoisotopic (exact) mass is 374 g/mol. The van der Waals surface area contributed by atoms with Crippen molar-refractivity contribution in [2.45, 2.75) is 50.6 Å². The van der Waals surface area contributed by atoms with E-state index in [1.54, 1.807) is 0 Å². The summed E-state index contributed by atoms with van der Waals surface area (Å²) in [5.41, 5.74) is 5.49. The van der Waals surface area contributed by atoms with Crippen LogP contribution in [0.25, 0.3) is 11.0 Å². The maximum absolute atomic E-state index is 12.8. The molecule has 2 atom stereocenters. The zero-order valence-corrected chi connectivity index (χ0v) is 16.0. The van der Waals surface area contributed by atoms with E-state index in [-0.39, 0.29) is 11.9 Å². The Balaban J connectivity index is 1.28. The first kappa shape index (κ1) is 17.4. The van der Waals surface area contributed by atoms with Crippen molar-refractivity contribution in [3.05, 3.63) is 65.0 Å². The molecular weight excluding hydrogens is 348 g/mol. The average Bonchev–Trinajstić information content (AvgIpc) is 3.18. The lowest BCUT2D eigenvalue weighted by molar-refractivity contribution is 0.0924. The first-order valence-corrected chi connectivity index (χ1v) is 10.3. The van der Waals surface area contributed by atoms with Gasteiger partial charge in [-0.25, -0.2) is 4.98 Å². The summed E-state index contributed by atoms with van der Waals surface area (Å²) in [5.74, 6) is 1.47. The molecule has 3 N–H and O–H groups in total. The standard InChI is InChI=1S/C23H26N4O/c28-23(17-9-8-15-10-11-24-14-18(15)12-17)25-19-5-3-4-16(13-19)22-26-20-6-1-2-7-21(20)27-22/h1-2,6-9,12,16,19,24H,3-5,10-11,13-14H2,(H,25,28)(H,26,27). The van der Waals surface area contributed by atoms with E-state index in [4.69, 9.17) is 4.98 Å². The van der Waals surface area contributed by atoms with E-state index in [0.29, 0.717) is 5.92 Å². The molecule has 2 aliphatic rings. The lowest BCUT2D eigenvalue weighted by Crippen LogP contribution is -2.38. The number of hydrogen-bond donors (Lipinski definition) is 3. The maximum atomic E-state index is 12.8. The van der Waals surface area contributed by atoms with Crippen LogP contribution in [-0.2, 0) is 13.0 Å². The number of benzene rings is 2. The van der Waals surface area contributed by atoms with Gasteiger partial charge in [-0.1, -0.05) is 24.6 Å². The van der Waals surface area contributed by atoms with E-state index in [0.717, 1.165) is 67.6 Å². The highest BCUT2D eigenvalue weighted by Gasteiger charge is 2.27. The van der Waals surface area contributed by atoms with Crippen LogP contribution in [0, 0.1) is 0 Å². The van der Waals surface area contributed by atoms with E-state index in [9.17, 15) is 4.79 Å². The molecular formula is C23H26N4O. The molecule has 5 heteroatoms. The van der Waals surface area contributed by atoms with Gasteiger partial charge in [-0.15, -0.1) is 0 Å². The molecule has 1 aliphatic heterocycles. The number of nitrogens with zero attached hydrogens (tertiary/aromatic N) is 1. The minimum absolute atomic E-state index is 0.0450. The largest absolute Gasteiger partial charge is 0.349 e. The van der Waals surface area contributed by atoms with Crippen LogP contribution in [0.4, 0.5) is 0 Å². The Morgan fingerprint density at radius 1 is 1.11 bits per heavy atom. The SMILES string of the molecule is O=C(NC1CCCC(c2nc3ccccc3[nH]2)C1)c1ccc2c(c1)CNCC2. The second kappa shape index (κ2) is 7.40. The summed E-state index contributed by atoms with van der Waals surface area (Å²) in [4.78, 5) is 21.1. The number of imidazole rings is 1. The number of aromatic nitrogens is 2. The Labute approximate surface area is 164 Å². The Morgan fingerprint density at radius 2 is 2.04 bits per heavy atom. The van der Waals surface area contributed by atoms with Crippen LogP contribution in [0.3, 0.4) is 0 Å². The summed E-state index contributed by atoms with van der Waals surface area (Å²) in [7, 11) is 0. The number of fused-ring (bicyclic) bond motifs is 2. The summed E-state index contributed by atoms with van der Waals surface area (Å²) in [6, 6.07) is 14.5. The molecule has 2 unspecified atom stereocenters. The van der Waals surface area contributed by atoms with Crippen LogP contribution in [0.15, 0.2) is 42.5 Å². The number of amides is 1. The summed E-state index contributed by atoms with van der Waals surface area (Å²) in [6.45, 7) is 1.87.